The first-order valence-corrected chi connectivity index (χ1v) is 10.3. The summed E-state index contributed by atoms with van der Waals surface area (Å²) >= 11 is 0. The fourth-order valence-electron chi connectivity index (χ4n) is 3.61. The van der Waals surface area contributed by atoms with E-state index in [9.17, 15) is 9.59 Å². The molecule has 1 aliphatic rings. The SMILES string of the molecule is CCCNC(=O)[C@H](C)NC(=O)C[NH+]1CC[NH+](Cc2cc(C)ccc2OC)CC1. The monoisotopic (exact) mass is 392 g/mol. The van der Waals surface area contributed by atoms with E-state index in [0.717, 1.165) is 44.9 Å². The summed E-state index contributed by atoms with van der Waals surface area (Å²) in [5.74, 6) is 0.770. The van der Waals surface area contributed by atoms with Crippen molar-refractivity contribution in [3.05, 3.63) is 29.3 Å². The molecule has 7 heteroatoms. The molecule has 1 saturated heterocycles. The van der Waals surface area contributed by atoms with Crippen molar-refractivity contribution in [2.24, 2.45) is 0 Å². The highest BCUT2D eigenvalue weighted by Crippen LogP contribution is 2.18. The van der Waals surface area contributed by atoms with Gasteiger partial charge in [0.05, 0.1) is 7.11 Å². The number of hydrogen-bond donors (Lipinski definition) is 4. The molecule has 1 fully saturated rings. The molecule has 2 rings (SSSR count). The van der Waals surface area contributed by atoms with Gasteiger partial charge in [0.25, 0.3) is 5.91 Å². The third kappa shape index (κ3) is 6.80. The van der Waals surface area contributed by atoms with Gasteiger partial charge in [0, 0.05) is 12.1 Å². The number of benzene rings is 1. The fourth-order valence-corrected chi connectivity index (χ4v) is 3.61. The highest BCUT2D eigenvalue weighted by molar-refractivity contribution is 5.87. The van der Waals surface area contributed by atoms with Crippen LogP contribution in [0.2, 0.25) is 0 Å². The molecule has 1 aromatic carbocycles. The summed E-state index contributed by atoms with van der Waals surface area (Å²) in [7, 11) is 1.72. The summed E-state index contributed by atoms with van der Waals surface area (Å²) < 4.78 is 5.49. The van der Waals surface area contributed by atoms with Gasteiger partial charge in [-0.3, -0.25) is 9.59 Å². The molecule has 156 valence electrons. The topological polar surface area (TPSA) is 76.3 Å². The van der Waals surface area contributed by atoms with E-state index in [4.69, 9.17) is 4.74 Å². The van der Waals surface area contributed by atoms with Gasteiger partial charge >= 0.3 is 0 Å². The van der Waals surface area contributed by atoms with Crippen molar-refractivity contribution in [1.82, 2.24) is 10.6 Å². The summed E-state index contributed by atoms with van der Waals surface area (Å²) in [4.78, 5) is 26.9. The lowest BCUT2D eigenvalue weighted by atomic mass is 10.1. The molecular weight excluding hydrogens is 356 g/mol. The maximum absolute atomic E-state index is 12.3. The summed E-state index contributed by atoms with van der Waals surface area (Å²) in [5, 5.41) is 5.62. The molecule has 0 aliphatic carbocycles. The molecule has 0 unspecified atom stereocenters. The molecule has 0 bridgehead atoms. The smallest absolute Gasteiger partial charge is 0.275 e. The van der Waals surface area contributed by atoms with Crippen LogP contribution in [0.4, 0.5) is 0 Å². The quantitative estimate of drug-likeness (QED) is 0.406. The first-order chi connectivity index (χ1) is 13.4. The Morgan fingerprint density at radius 2 is 1.86 bits per heavy atom. The normalized spacial score (nSPS) is 20.3. The minimum absolute atomic E-state index is 0.0575. The zero-order chi connectivity index (χ0) is 20.5. The lowest BCUT2D eigenvalue weighted by Gasteiger charge is -2.30. The number of quaternary nitrogens is 2. The molecular formula is C21H36N4O3+2. The van der Waals surface area contributed by atoms with Crippen LogP contribution >= 0.6 is 0 Å². The highest BCUT2D eigenvalue weighted by atomic mass is 16.5. The first-order valence-electron chi connectivity index (χ1n) is 10.3. The maximum Gasteiger partial charge on any atom is 0.275 e. The average molecular weight is 393 g/mol. The number of nitrogens with one attached hydrogen (secondary N) is 4. The third-order valence-electron chi connectivity index (χ3n) is 5.27. The van der Waals surface area contributed by atoms with Crippen LogP contribution < -0.4 is 25.2 Å². The second-order valence-electron chi connectivity index (χ2n) is 7.75. The van der Waals surface area contributed by atoms with E-state index in [2.05, 4.69) is 29.7 Å². The molecule has 1 heterocycles. The van der Waals surface area contributed by atoms with Gasteiger partial charge in [-0.1, -0.05) is 18.6 Å². The summed E-state index contributed by atoms with van der Waals surface area (Å²) in [6, 6.07) is 5.82. The lowest BCUT2D eigenvalue weighted by molar-refractivity contribution is -1.02. The minimum Gasteiger partial charge on any atom is -0.496 e. The molecule has 1 aromatic rings. The summed E-state index contributed by atoms with van der Waals surface area (Å²) in [5.41, 5.74) is 2.49. The van der Waals surface area contributed by atoms with E-state index in [1.165, 1.54) is 20.9 Å². The predicted molar refractivity (Wildman–Crippen MR) is 109 cm³/mol. The Hall–Kier alpha value is -2.12. The Morgan fingerprint density at radius 3 is 2.50 bits per heavy atom. The van der Waals surface area contributed by atoms with Crippen LogP contribution in [-0.4, -0.2) is 64.2 Å². The predicted octanol–water partition coefficient (Wildman–Crippen LogP) is -1.68. The van der Waals surface area contributed by atoms with Crippen LogP contribution in [0.3, 0.4) is 0 Å². The third-order valence-corrected chi connectivity index (χ3v) is 5.27. The van der Waals surface area contributed by atoms with Crippen LogP contribution in [-0.2, 0) is 16.1 Å². The number of rotatable bonds is 9. The Labute approximate surface area is 168 Å². The van der Waals surface area contributed by atoms with Crippen molar-refractivity contribution in [1.29, 1.82) is 0 Å². The Kier molecular flexibility index (Phi) is 8.73. The van der Waals surface area contributed by atoms with Crippen LogP contribution in [0.15, 0.2) is 18.2 Å². The molecule has 7 nitrogen and oxygen atoms in total. The number of carbonyl (C=O) groups is 2. The number of aryl methyl sites for hydroxylation is 1. The molecule has 2 amide bonds. The molecule has 0 aromatic heterocycles. The van der Waals surface area contributed by atoms with Gasteiger partial charge in [0.2, 0.25) is 5.91 Å². The van der Waals surface area contributed by atoms with Crippen molar-refractivity contribution in [2.75, 3.05) is 46.4 Å². The zero-order valence-electron chi connectivity index (χ0n) is 17.7. The van der Waals surface area contributed by atoms with Gasteiger partial charge in [-0.05, 0) is 32.4 Å². The van der Waals surface area contributed by atoms with E-state index in [-0.39, 0.29) is 11.8 Å². The van der Waals surface area contributed by atoms with Gasteiger partial charge < -0.3 is 25.2 Å². The van der Waals surface area contributed by atoms with E-state index < -0.39 is 6.04 Å². The number of amides is 2. The zero-order valence-corrected chi connectivity index (χ0v) is 17.7. The number of carbonyl (C=O) groups excluding carboxylic acids is 2. The van der Waals surface area contributed by atoms with Crippen molar-refractivity contribution in [2.45, 2.75) is 39.8 Å². The van der Waals surface area contributed by atoms with Gasteiger partial charge in [0.15, 0.2) is 6.54 Å². The fraction of sp³-hybridized carbons (Fsp3) is 0.619. The molecule has 0 saturated carbocycles. The molecule has 4 N–H and O–H groups in total. The van der Waals surface area contributed by atoms with E-state index in [1.54, 1.807) is 14.0 Å². The summed E-state index contributed by atoms with van der Waals surface area (Å²) in [6.07, 6.45) is 0.886. The Morgan fingerprint density at radius 1 is 1.18 bits per heavy atom. The average Bonchev–Trinajstić information content (AvgIpc) is 2.67. The Balaban J connectivity index is 1.75. The first kappa shape index (κ1) is 22.2. The number of methoxy groups -OCH3 is 1. The maximum atomic E-state index is 12.3. The van der Waals surface area contributed by atoms with Crippen molar-refractivity contribution < 1.29 is 24.1 Å². The molecule has 1 atom stereocenters. The molecule has 0 spiro atoms. The van der Waals surface area contributed by atoms with E-state index in [1.807, 2.05) is 13.0 Å². The lowest BCUT2D eigenvalue weighted by Crippen LogP contribution is -3.28. The second kappa shape index (κ2) is 11.0. The molecule has 1 aliphatic heterocycles. The largest absolute Gasteiger partial charge is 0.496 e. The molecule has 28 heavy (non-hydrogen) atoms. The van der Waals surface area contributed by atoms with E-state index in [0.29, 0.717) is 13.1 Å². The van der Waals surface area contributed by atoms with Gasteiger partial charge in [-0.25, -0.2) is 0 Å². The van der Waals surface area contributed by atoms with Gasteiger partial charge in [-0.15, -0.1) is 0 Å². The van der Waals surface area contributed by atoms with Gasteiger partial charge in [-0.2, -0.15) is 0 Å². The van der Waals surface area contributed by atoms with Crippen LogP contribution in [0.5, 0.6) is 5.75 Å². The number of piperazine rings is 1. The van der Waals surface area contributed by atoms with Crippen LogP contribution in [0.25, 0.3) is 0 Å². The van der Waals surface area contributed by atoms with Crippen LogP contribution in [0, 0.1) is 6.92 Å². The van der Waals surface area contributed by atoms with Crippen molar-refractivity contribution >= 4 is 11.8 Å². The number of hydrogen-bond acceptors (Lipinski definition) is 3. The number of ether oxygens (including phenoxy) is 1. The highest BCUT2D eigenvalue weighted by Gasteiger charge is 2.26. The standard InChI is InChI=1S/C21H34N4O3/c1-5-8-22-21(27)17(3)23-20(26)15-25-11-9-24(10-12-25)14-18-13-16(2)6-7-19(18)28-4/h6-7,13,17H,5,8-12,14-15H2,1-4H3,(H,22,27)(H,23,26)/p+2/t17-/m0/s1. The van der Waals surface area contributed by atoms with Gasteiger partial charge in [0.1, 0.15) is 44.5 Å². The second-order valence-corrected chi connectivity index (χ2v) is 7.75. The summed E-state index contributed by atoms with van der Waals surface area (Å²) in [6.45, 7) is 11.8. The van der Waals surface area contributed by atoms with E-state index >= 15 is 0 Å². The molecule has 0 radical (unpaired) electrons. The minimum atomic E-state index is -0.487. The van der Waals surface area contributed by atoms with Crippen molar-refractivity contribution in [3.63, 3.8) is 0 Å². The van der Waals surface area contributed by atoms with Crippen molar-refractivity contribution in [3.8, 4) is 5.75 Å². The van der Waals surface area contributed by atoms with Crippen LogP contribution in [0.1, 0.15) is 31.4 Å². The Bertz CT molecular complexity index is 657.